The highest BCUT2D eigenvalue weighted by molar-refractivity contribution is 7.08. The Balaban J connectivity index is 0.000000187. The van der Waals surface area contributed by atoms with Gasteiger partial charge in [0.25, 0.3) is 0 Å². The van der Waals surface area contributed by atoms with Crippen LogP contribution in [0, 0.1) is 0 Å². The number of thiophene rings is 1. The van der Waals surface area contributed by atoms with Crippen molar-refractivity contribution in [2.45, 2.75) is 0 Å². The molecule has 0 spiro atoms. The Kier molecular flexibility index (Phi) is 6.08. The molecule has 0 aromatic carbocycles. The molecular weight excluding hydrogens is 158 g/mol. The zero-order valence-electron chi connectivity index (χ0n) is 4.49. The van der Waals surface area contributed by atoms with Crippen molar-refractivity contribution in [3.05, 3.63) is 21.8 Å². The monoisotopic (exact) mass is 163 g/mol. The predicted molar refractivity (Wildman–Crippen MR) is 39.5 cm³/mol. The summed E-state index contributed by atoms with van der Waals surface area (Å²) in [6, 6.07) is 1.87. The van der Waals surface area contributed by atoms with Gasteiger partial charge in [0.2, 0.25) is 0 Å². The minimum atomic E-state index is 0. The van der Waals surface area contributed by atoms with Crippen LogP contribution in [0.4, 0.5) is 0 Å². The highest BCUT2D eigenvalue weighted by atomic mass is 35.5. The molecule has 1 rings (SSSR count). The van der Waals surface area contributed by atoms with Crippen LogP contribution in [-0.2, 0) is 0 Å². The molecule has 0 aliphatic carbocycles. The first-order valence-corrected chi connectivity index (χ1v) is 3.41. The van der Waals surface area contributed by atoms with Gasteiger partial charge in [0.1, 0.15) is 0 Å². The van der Waals surface area contributed by atoms with Crippen molar-refractivity contribution >= 4 is 30.6 Å². The Hall–Kier alpha value is -0.0251. The second-order valence-electron chi connectivity index (χ2n) is 1.06. The number of rotatable bonds is 0. The van der Waals surface area contributed by atoms with Crippen molar-refractivity contribution < 1.29 is 10.0 Å². The molecule has 0 aliphatic rings. The lowest BCUT2D eigenvalue weighted by Crippen LogP contribution is -1.75. The molecule has 5 heteroatoms. The quantitative estimate of drug-likeness (QED) is 0.558. The van der Waals surface area contributed by atoms with Gasteiger partial charge in [0, 0.05) is 5.38 Å². The van der Waals surface area contributed by atoms with Crippen LogP contribution in [-0.4, -0.2) is 17.7 Å². The SMILES string of the molecule is Clc1ccsc1.O[B]O. The van der Waals surface area contributed by atoms with Crippen LogP contribution in [0.5, 0.6) is 0 Å². The molecule has 0 aliphatic heterocycles. The zero-order chi connectivity index (χ0) is 7.11. The van der Waals surface area contributed by atoms with Crippen LogP contribution in [0.2, 0.25) is 5.02 Å². The van der Waals surface area contributed by atoms with E-state index in [1.807, 2.05) is 16.8 Å². The molecule has 0 bridgehead atoms. The molecule has 1 heterocycles. The van der Waals surface area contributed by atoms with Gasteiger partial charge in [-0.15, -0.1) is 0 Å². The summed E-state index contributed by atoms with van der Waals surface area (Å²) in [6.45, 7) is 0. The zero-order valence-corrected chi connectivity index (χ0v) is 6.06. The summed E-state index contributed by atoms with van der Waals surface area (Å²) >= 11 is 7.07. The summed E-state index contributed by atoms with van der Waals surface area (Å²) in [4.78, 5) is 0. The molecule has 49 valence electrons. The van der Waals surface area contributed by atoms with E-state index in [0.717, 1.165) is 5.02 Å². The highest BCUT2D eigenvalue weighted by Crippen LogP contribution is 2.10. The fourth-order valence-electron chi connectivity index (χ4n) is 0.248. The maximum Gasteiger partial charge on any atom is 0.482 e. The molecule has 0 fully saturated rings. The van der Waals surface area contributed by atoms with E-state index in [4.69, 9.17) is 21.6 Å². The van der Waals surface area contributed by atoms with Gasteiger partial charge in [-0.3, -0.25) is 0 Å². The van der Waals surface area contributed by atoms with Crippen LogP contribution in [0.3, 0.4) is 0 Å². The van der Waals surface area contributed by atoms with Gasteiger partial charge >= 0.3 is 7.69 Å². The molecule has 0 unspecified atom stereocenters. The van der Waals surface area contributed by atoms with Crippen molar-refractivity contribution in [3.8, 4) is 0 Å². The average molecular weight is 163 g/mol. The van der Waals surface area contributed by atoms with E-state index in [0.29, 0.717) is 0 Å². The summed E-state index contributed by atoms with van der Waals surface area (Å²) < 4.78 is 0. The molecule has 0 atom stereocenters. The van der Waals surface area contributed by atoms with Gasteiger partial charge in [-0.1, -0.05) is 11.6 Å². The Morgan fingerprint density at radius 2 is 2.11 bits per heavy atom. The van der Waals surface area contributed by atoms with Crippen LogP contribution in [0.1, 0.15) is 0 Å². The molecule has 2 N–H and O–H groups in total. The van der Waals surface area contributed by atoms with Crippen molar-refractivity contribution in [1.82, 2.24) is 0 Å². The maximum absolute atomic E-state index is 7.00. The van der Waals surface area contributed by atoms with E-state index in [2.05, 4.69) is 0 Å². The number of hydrogen-bond acceptors (Lipinski definition) is 3. The van der Waals surface area contributed by atoms with Gasteiger partial charge < -0.3 is 10.0 Å². The van der Waals surface area contributed by atoms with E-state index in [9.17, 15) is 0 Å². The molecule has 1 radical (unpaired) electrons. The minimum absolute atomic E-state index is 0. The van der Waals surface area contributed by atoms with E-state index in [1.165, 1.54) is 0 Å². The molecule has 0 amide bonds. The van der Waals surface area contributed by atoms with Gasteiger partial charge in [0.05, 0.1) is 5.02 Å². The van der Waals surface area contributed by atoms with Gasteiger partial charge in [-0.05, 0) is 11.4 Å². The molecular formula is C4H5BClO2S. The van der Waals surface area contributed by atoms with Crippen molar-refractivity contribution in [2.24, 2.45) is 0 Å². The lowest BCUT2D eigenvalue weighted by molar-refractivity contribution is 0.448. The Morgan fingerprint density at radius 1 is 1.56 bits per heavy atom. The van der Waals surface area contributed by atoms with E-state index < -0.39 is 0 Å². The third-order valence-electron chi connectivity index (χ3n) is 0.486. The summed E-state index contributed by atoms with van der Waals surface area (Å²) in [7, 11) is 0. The van der Waals surface area contributed by atoms with E-state index in [-0.39, 0.29) is 7.69 Å². The van der Waals surface area contributed by atoms with Gasteiger partial charge in [-0.2, -0.15) is 11.3 Å². The van der Waals surface area contributed by atoms with E-state index in [1.54, 1.807) is 11.3 Å². The maximum atomic E-state index is 7.00. The lowest BCUT2D eigenvalue weighted by Gasteiger charge is -1.61. The summed E-state index contributed by atoms with van der Waals surface area (Å²) in [5.41, 5.74) is 0. The third-order valence-corrected chi connectivity index (χ3v) is 1.53. The summed E-state index contributed by atoms with van der Waals surface area (Å²) in [6.07, 6.45) is 0. The number of halogens is 1. The smallest absolute Gasteiger partial charge is 0.429 e. The van der Waals surface area contributed by atoms with Crippen LogP contribution in [0.15, 0.2) is 16.8 Å². The highest BCUT2D eigenvalue weighted by Gasteiger charge is 1.77. The third kappa shape index (κ3) is 5.85. The van der Waals surface area contributed by atoms with Crippen molar-refractivity contribution in [3.63, 3.8) is 0 Å². The molecule has 0 saturated heterocycles. The van der Waals surface area contributed by atoms with Crippen molar-refractivity contribution in [2.75, 3.05) is 0 Å². The largest absolute Gasteiger partial charge is 0.482 e. The fraction of sp³-hybridized carbons (Fsp3) is 0. The van der Waals surface area contributed by atoms with Gasteiger partial charge in [0.15, 0.2) is 0 Å². The fourth-order valence-corrected chi connectivity index (χ4v) is 1.05. The predicted octanol–water partition coefficient (Wildman–Crippen LogP) is 0.907. The topological polar surface area (TPSA) is 40.5 Å². The van der Waals surface area contributed by atoms with Gasteiger partial charge in [-0.25, -0.2) is 0 Å². The Bertz CT molecular complexity index is 133. The first-order valence-electron chi connectivity index (χ1n) is 2.09. The number of hydrogen-bond donors (Lipinski definition) is 2. The average Bonchev–Trinajstić information content (AvgIpc) is 2.20. The molecule has 2 nitrogen and oxygen atoms in total. The summed E-state index contributed by atoms with van der Waals surface area (Å²) in [5, 5.41) is 18.7. The van der Waals surface area contributed by atoms with Crippen LogP contribution in [0.25, 0.3) is 0 Å². The summed E-state index contributed by atoms with van der Waals surface area (Å²) in [5.74, 6) is 0. The molecule has 1 aromatic rings. The first kappa shape index (κ1) is 8.97. The van der Waals surface area contributed by atoms with Crippen LogP contribution >= 0.6 is 22.9 Å². The Morgan fingerprint density at radius 3 is 2.22 bits per heavy atom. The molecule has 0 saturated carbocycles. The first-order chi connectivity index (χ1) is 4.31. The Labute approximate surface area is 63.0 Å². The van der Waals surface area contributed by atoms with Crippen molar-refractivity contribution in [1.29, 1.82) is 0 Å². The molecule has 9 heavy (non-hydrogen) atoms. The minimum Gasteiger partial charge on any atom is -0.429 e. The normalized spacial score (nSPS) is 7.44. The van der Waals surface area contributed by atoms with E-state index >= 15 is 0 Å². The standard InChI is InChI=1S/C4H3ClS.BH2O2/c5-4-1-2-6-3-4;2-1-3/h1-3H;2-3H. The second kappa shape index (κ2) is 6.10. The second-order valence-corrected chi connectivity index (χ2v) is 2.27. The lowest BCUT2D eigenvalue weighted by atomic mass is 10.5. The molecule has 1 aromatic heterocycles. The van der Waals surface area contributed by atoms with Crippen LogP contribution < -0.4 is 0 Å².